The Morgan fingerprint density at radius 2 is 2.44 bits per heavy atom. The molecule has 1 aromatic rings. The van der Waals surface area contributed by atoms with Gasteiger partial charge in [0.25, 0.3) is 0 Å². The van der Waals surface area contributed by atoms with Gasteiger partial charge in [-0.25, -0.2) is 4.68 Å². The molecule has 0 saturated heterocycles. The normalized spacial score (nSPS) is 17.3. The second kappa shape index (κ2) is 4.82. The lowest BCUT2D eigenvalue weighted by atomic mass is 10.2. The zero-order valence-corrected chi connectivity index (χ0v) is 9.85. The van der Waals surface area contributed by atoms with Gasteiger partial charge in [0.05, 0.1) is 17.7 Å². The molecule has 1 aliphatic rings. The molecule has 0 bridgehead atoms. The van der Waals surface area contributed by atoms with Gasteiger partial charge in [0.2, 0.25) is 0 Å². The van der Waals surface area contributed by atoms with Crippen LogP contribution in [0.4, 0.5) is 0 Å². The third kappa shape index (κ3) is 2.72. The van der Waals surface area contributed by atoms with E-state index < -0.39 is 5.97 Å². The average molecular weight is 242 g/mol. The quantitative estimate of drug-likeness (QED) is 0.800. The zero-order valence-electron chi connectivity index (χ0n) is 9.04. The first-order chi connectivity index (χ1) is 7.68. The number of hydrogen-bond donors (Lipinski definition) is 1. The van der Waals surface area contributed by atoms with Crippen LogP contribution in [0, 0.1) is 5.92 Å². The van der Waals surface area contributed by atoms with E-state index in [1.807, 2.05) is 4.68 Å². The van der Waals surface area contributed by atoms with Gasteiger partial charge in [-0.05, 0) is 23.3 Å². The van der Waals surface area contributed by atoms with E-state index in [-0.39, 0.29) is 5.92 Å². The topological polar surface area (TPSA) is 80.9 Å². The van der Waals surface area contributed by atoms with Crippen molar-refractivity contribution in [1.82, 2.24) is 20.2 Å². The average Bonchev–Trinajstić information content (AvgIpc) is 2.99. The number of carbonyl (C=O) groups is 1. The van der Waals surface area contributed by atoms with Crippen LogP contribution in [0.3, 0.4) is 0 Å². The van der Waals surface area contributed by atoms with Gasteiger partial charge in [0.15, 0.2) is 5.82 Å². The van der Waals surface area contributed by atoms with E-state index in [9.17, 15) is 4.79 Å². The Labute approximate surface area is 97.4 Å². The number of carboxylic acid groups (broad SMARTS) is 1. The van der Waals surface area contributed by atoms with Gasteiger partial charge in [-0.15, -0.1) is 5.10 Å². The van der Waals surface area contributed by atoms with Gasteiger partial charge in [-0.1, -0.05) is 6.92 Å². The second-order valence-electron chi connectivity index (χ2n) is 4.03. The molecule has 1 saturated carbocycles. The third-order valence-corrected chi connectivity index (χ3v) is 3.67. The van der Waals surface area contributed by atoms with Crippen molar-refractivity contribution in [1.29, 1.82) is 0 Å². The molecule has 6 nitrogen and oxygen atoms in total. The van der Waals surface area contributed by atoms with Crippen molar-refractivity contribution < 1.29 is 9.90 Å². The zero-order chi connectivity index (χ0) is 11.5. The molecule has 2 rings (SSSR count). The van der Waals surface area contributed by atoms with E-state index in [2.05, 4.69) is 15.5 Å². The molecule has 88 valence electrons. The molecule has 0 spiro atoms. The molecule has 1 atom stereocenters. The van der Waals surface area contributed by atoms with Gasteiger partial charge in [-0.2, -0.15) is 11.8 Å². The summed E-state index contributed by atoms with van der Waals surface area (Å²) in [7, 11) is 0. The molecular formula is C9H14N4O2S. The number of thioether (sulfide) groups is 1. The summed E-state index contributed by atoms with van der Waals surface area (Å²) in [5.74, 6) is 1.04. The molecule has 0 aromatic carbocycles. The Kier molecular flexibility index (Phi) is 3.42. The minimum absolute atomic E-state index is 0.324. The highest BCUT2D eigenvalue weighted by Crippen LogP contribution is 2.34. The largest absolute Gasteiger partial charge is 0.481 e. The Balaban J connectivity index is 1.80. The van der Waals surface area contributed by atoms with Crippen LogP contribution in [0.15, 0.2) is 0 Å². The van der Waals surface area contributed by atoms with Crippen LogP contribution in [-0.2, 0) is 10.5 Å². The maximum atomic E-state index is 10.6. The van der Waals surface area contributed by atoms with Crippen molar-refractivity contribution in [2.75, 3.05) is 5.75 Å². The number of aliphatic carboxylic acids is 1. The predicted octanol–water partition coefficient (Wildman–Crippen LogP) is 0.962. The standard InChI is InChI=1S/C9H14N4O2S/c1-6(9(14)15)4-16-5-8-10-11-12-13(8)7-2-3-7/h6-7H,2-5H2,1H3,(H,14,15). The Bertz CT molecular complexity index is 377. The lowest BCUT2D eigenvalue weighted by molar-refractivity contribution is -0.140. The van der Waals surface area contributed by atoms with Crippen molar-refractivity contribution in [2.24, 2.45) is 5.92 Å². The maximum absolute atomic E-state index is 10.6. The third-order valence-electron chi connectivity index (χ3n) is 2.47. The number of aromatic nitrogens is 4. The minimum atomic E-state index is -0.755. The molecule has 1 unspecified atom stereocenters. The van der Waals surface area contributed by atoms with Crippen molar-refractivity contribution >= 4 is 17.7 Å². The van der Waals surface area contributed by atoms with Crippen LogP contribution in [-0.4, -0.2) is 37.0 Å². The molecule has 0 amide bonds. The number of rotatable bonds is 6. The first-order valence-corrected chi connectivity index (χ1v) is 6.41. The van der Waals surface area contributed by atoms with Gasteiger partial charge in [0.1, 0.15) is 0 Å². The van der Waals surface area contributed by atoms with Crippen molar-refractivity contribution in [2.45, 2.75) is 31.6 Å². The summed E-state index contributed by atoms with van der Waals surface area (Å²) >= 11 is 1.56. The minimum Gasteiger partial charge on any atom is -0.481 e. The SMILES string of the molecule is CC(CSCc1nnnn1C1CC1)C(=O)O. The van der Waals surface area contributed by atoms with Crippen LogP contribution in [0.2, 0.25) is 0 Å². The highest BCUT2D eigenvalue weighted by molar-refractivity contribution is 7.98. The monoisotopic (exact) mass is 242 g/mol. The molecule has 1 aromatic heterocycles. The molecule has 16 heavy (non-hydrogen) atoms. The summed E-state index contributed by atoms with van der Waals surface area (Å²) in [6, 6.07) is 0.475. The van der Waals surface area contributed by atoms with E-state index in [4.69, 9.17) is 5.11 Å². The summed E-state index contributed by atoms with van der Waals surface area (Å²) in [6.07, 6.45) is 2.29. The molecule has 1 heterocycles. The molecule has 0 radical (unpaired) electrons. The first-order valence-electron chi connectivity index (χ1n) is 5.25. The summed E-state index contributed by atoms with van der Waals surface area (Å²) in [6.45, 7) is 1.71. The van der Waals surface area contributed by atoms with E-state index in [0.717, 1.165) is 18.7 Å². The maximum Gasteiger partial charge on any atom is 0.307 e. The highest BCUT2D eigenvalue weighted by Gasteiger charge is 2.27. The number of hydrogen-bond acceptors (Lipinski definition) is 5. The van der Waals surface area contributed by atoms with Crippen LogP contribution < -0.4 is 0 Å². The molecule has 1 fully saturated rings. The van der Waals surface area contributed by atoms with Crippen LogP contribution in [0.5, 0.6) is 0 Å². The Hall–Kier alpha value is -1.11. The van der Waals surface area contributed by atoms with Crippen molar-refractivity contribution in [3.05, 3.63) is 5.82 Å². The van der Waals surface area contributed by atoms with Gasteiger partial charge < -0.3 is 5.11 Å². The van der Waals surface area contributed by atoms with Crippen LogP contribution in [0.1, 0.15) is 31.6 Å². The summed E-state index contributed by atoms with van der Waals surface area (Å²) in [4.78, 5) is 10.6. The van der Waals surface area contributed by atoms with Crippen molar-refractivity contribution in [3.8, 4) is 0 Å². The van der Waals surface area contributed by atoms with E-state index in [1.54, 1.807) is 18.7 Å². The molecule has 1 aliphatic carbocycles. The summed E-state index contributed by atoms with van der Waals surface area (Å²) < 4.78 is 1.86. The number of tetrazole rings is 1. The predicted molar refractivity (Wildman–Crippen MR) is 59.0 cm³/mol. The summed E-state index contributed by atoms with van der Waals surface area (Å²) in [5.41, 5.74) is 0. The molecule has 1 N–H and O–H groups in total. The molecule has 7 heteroatoms. The Morgan fingerprint density at radius 1 is 1.69 bits per heavy atom. The lowest BCUT2D eigenvalue weighted by Gasteiger charge is -2.05. The second-order valence-corrected chi connectivity index (χ2v) is 5.06. The summed E-state index contributed by atoms with van der Waals surface area (Å²) in [5, 5.41) is 20.3. The fourth-order valence-corrected chi connectivity index (χ4v) is 2.29. The van der Waals surface area contributed by atoms with E-state index in [0.29, 0.717) is 17.5 Å². The first kappa shape index (κ1) is 11.4. The highest BCUT2D eigenvalue weighted by atomic mass is 32.2. The van der Waals surface area contributed by atoms with Gasteiger partial charge >= 0.3 is 5.97 Å². The van der Waals surface area contributed by atoms with E-state index >= 15 is 0 Å². The molecule has 0 aliphatic heterocycles. The Morgan fingerprint density at radius 3 is 3.06 bits per heavy atom. The fraction of sp³-hybridized carbons (Fsp3) is 0.778. The fourth-order valence-electron chi connectivity index (χ4n) is 1.31. The van der Waals surface area contributed by atoms with Crippen LogP contribution in [0.25, 0.3) is 0 Å². The number of carboxylic acids is 1. The van der Waals surface area contributed by atoms with Crippen molar-refractivity contribution in [3.63, 3.8) is 0 Å². The lowest BCUT2D eigenvalue weighted by Crippen LogP contribution is -2.12. The number of nitrogens with zero attached hydrogens (tertiary/aromatic N) is 4. The van der Waals surface area contributed by atoms with E-state index in [1.165, 1.54) is 0 Å². The smallest absolute Gasteiger partial charge is 0.307 e. The van der Waals surface area contributed by atoms with Crippen LogP contribution >= 0.6 is 11.8 Å². The molecular weight excluding hydrogens is 228 g/mol. The van der Waals surface area contributed by atoms with Gasteiger partial charge in [0, 0.05) is 5.75 Å². The van der Waals surface area contributed by atoms with Gasteiger partial charge in [-0.3, -0.25) is 4.79 Å².